The highest BCUT2D eigenvalue weighted by molar-refractivity contribution is 5.54. The SMILES string of the molecule is CCc1cc(C2(c3cc(CC)c(OCCO)c(CC)c3)CCCC2)cc(CC)c1OCCO. The van der Waals surface area contributed by atoms with Crippen molar-refractivity contribution in [2.75, 3.05) is 26.4 Å². The predicted molar refractivity (Wildman–Crippen MR) is 135 cm³/mol. The standard InChI is InChI=1S/C29H42O4/c1-5-21-17-25(18-22(6-2)27(21)32-15-13-30)29(11-9-10-12-29)26-19-23(7-3)28(33-16-14-31)24(8-4)20-26/h17-20,30-31H,5-16H2,1-4H3. The maximum Gasteiger partial charge on any atom is 0.125 e. The lowest BCUT2D eigenvalue weighted by molar-refractivity contribution is 0.199. The van der Waals surface area contributed by atoms with Gasteiger partial charge in [-0.05, 0) is 71.9 Å². The molecule has 33 heavy (non-hydrogen) atoms. The van der Waals surface area contributed by atoms with E-state index in [4.69, 9.17) is 9.47 Å². The van der Waals surface area contributed by atoms with Crippen molar-refractivity contribution in [1.82, 2.24) is 0 Å². The van der Waals surface area contributed by atoms with E-state index < -0.39 is 0 Å². The minimum Gasteiger partial charge on any atom is -0.491 e. The molecule has 1 fully saturated rings. The van der Waals surface area contributed by atoms with Crippen molar-refractivity contribution in [3.63, 3.8) is 0 Å². The number of rotatable bonds is 12. The Morgan fingerprint density at radius 3 is 1.24 bits per heavy atom. The molecule has 4 heteroatoms. The Kier molecular flexibility index (Phi) is 9.22. The van der Waals surface area contributed by atoms with E-state index in [-0.39, 0.29) is 18.6 Å². The number of benzene rings is 2. The molecule has 0 radical (unpaired) electrons. The summed E-state index contributed by atoms with van der Waals surface area (Å²) < 4.78 is 12.0. The normalized spacial score (nSPS) is 15.1. The molecule has 0 spiro atoms. The topological polar surface area (TPSA) is 58.9 Å². The lowest BCUT2D eigenvalue weighted by Gasteiger charge is -2.33. The van der Waals surface area contributed by atoms with Crippen LogP contribution in [0.2, 0.25) is 0 Å². The van der Waals surface area contributed by atoms with Gasteiger partial charge in [-0.3, -0.25) is 0 Å². The largest absolute Gasteiger partial charge is 0.491 e. The van der Waals surface area contributed by atoms with Gasteiger partial charge >= 0.3 is 0 Å². The van der Waals surface area contributed by atoms with Crippen LogP contribution in [0.25, 0.3) is 0 Å². The van der Waals surface area contributed by atoms with Crippen LogP contribution in [0, 0.1) is 0 Å². The zero-order valence-electron chi connectivity index (χ0n) is 21.0. The Morgan fingerprint density at radius 1 is 0.636 bits per heavy atom. The molecule has 1 aliphatic carbocycles. The summed E-state index contributed by atoms with van der Waals surface area (Å²) in [5, 5.41) is 18.6. The zero-order valence-corrected chi connectivity index (χ0v) is 21.0. The van der Waals surface area contributed by atoms with Gasteiger partial charge in [-0.1, -0.05) is 64.8 Å². The molecule has 4 nitrogen and oxygen atoms in total. The fourth-order valence-corrected chi connectivity index (χ4v) is 5.50. The summed E-state index contributed by atoms with van der Waals surface area (Å²) in [5.41, 5.74) is 7.75. The maximum atomic E-state index is 9.30. The van der Waals surface area contributed by atoms with Gasteiger partial charge < -0.3 is 19.7 Å². The molecule has 0 saturated heterocycles. The molecule has 2 aromatic rings. The van der Waals surface area contributed by atoms with Crippen LogP contribution < -0.4 is 9.47 Å². The fourth-order valence-electron chi connectivity index (χ4n) is 5.50. The van der Waals surface area contributed by atoms with Crippen molar-refractivity contribution in [2.45, 2.75) is 84.5 Å². The van der Waals surface area contributed by atoms with Gasteiger partial charge in [0, 0.05) is 5.41 Å². The van der Waals surface area contributed by atoms with Crippen molar-refractivity contribution >= 4 is 0 Å². The van der Waals surface area contributed by atoms with Crippen LogP contribution >= 0.6 is 0 Å². The Balaban J connectivity index is 2.17. The second kappa shape index (κ2) is 11.9. The van der Waals surface area contributed by atoms with Crippen molar-refractivity contribution in [2.24, 2.45) is 0 Å². The third-order valence-corrected chi connectivity index (χ3v) is 7.25. The van der Waals surface area contributed by atoms with Gasteiger partial charge in [-0.15, -0.1) is 0 Å². The first-order chi connectivity index (χ1) is 16.1. The van der Waals surface area contributed by atoms with Crippen LogP contribution in [0.15, 0.2) is 24.3 Å². The fraction of sp³-hybridized carbons (Fsp3) is 0.586. The van der Waals surface area contributed by atoms with Crippen LogP contribution in [0.5, 0.6) is 11.5 Å². The maximum absolute atomic E-state index is 9.30. The molecule has 0 bridgehead atoms. The van der Waals surface area contributed by atoms with E-state index in [0.29, 0.717) is 13.2 Å². The third kappa shape index (κ3) is 5.22. The number of hydrogen-bond acceptors (Lipinski definition) is 4. The molecule has 1 saturated carbocycles. The first-order valence-electron chi connectivity index (χ1n) is 12.9. The minimum absolute atomic E-state index is 0.00664. The number of hydrogen-bond donors (Lipinski definition) is 2. The highest BCUT2D eigenvalue weighted by Gasteiger charge is 2.39. The van der Waals surface area contributed by atoms with E-state index in [1.807, 2.05) is 0 Å². The molecule has 2 N–H and O–H groups in total. The number of aliphatic hydroxyl groups excluding tert-OH is 2. The van der Waals surface area contributed by atoms with Gasteiger partial charge in [0.25, 0.3) is 0 Å². The molecule has 3 rings (SSSR count). The molecule has 0 atom stereocenters. The molecule has 1 aliphatic rings. The van der Waals surface area contributed by atoms with Crippen LogP contribution in [-0.4, -0.2) is 36.6 Å². The first-order valence-corrected chi connectivity index (χ1v) is 12.9. The minimum atomic E-state index is 0.00664. The van der Waals surface area contributed by atoms with E-state index in [1.54, 1.807) is 0 Å². The lowest BCUT2D eigenvalue weighted by Crippen LogP contribution is -2.25. The molecule has 0 heterocycles. The Hall–Kier alpha value is -2.04. The quantitative estimate of drug-likeness (QED) is 0.442. The van der Waals surface area contributed by atoms with E-state index in [9.17, 15) is 10.2 Å². The molecule has 0 unspecified atom stereocenters. The van der Waals surface area contributed by atoms with Gasteiger partial charge in [0.2, 0.25) is 0 Å². The molecular weight excluding hydrogens is 412 g/mol. The summed E-state index contributed by atoms with van der Waals surface area (Å²) in [6.07, 6.45) is 8.41. The summed E-state index contributed by atoms with van der Waals surface area (Å²) in [4.78, 5) is 0. The van der Waals surface area contributed by atoms with Crippen molar-refractivity contribution in [3.05, 3.63) is 57.6 Å². The smallest absolute Gasteiger partial charge is 0.125 e. The average Bonchev–Trinajstić information content (AvgIpc) is 3.36. The first kappa shape index (κ1) is 25.6. The van der Waals surface area contributed by atoms with Crippen molar-refractivity contribution in [1.29, 1.82) is 0 Å². The van der Waals surface area contributed by atoms with Gasteiger partial charge in [0.1, 0.15) is 24.7 Å². The molecule has 0 aromatic heterocycles. The number of ether oxygens (including phenoxy) is 2. The van der Waals surface area contributed by atoms with Gasteiger partial charge in [0.05, 0.1) is 13.2 Å². The van der Waals surface area contributed by atoms with Gasteiger partial charge in [-0.2, -0.15) is 0 Å². The van der Waals surface area contributed by atoms with Crippen molar-refractivity contribution < 1.29 is 19.7 Å². The molecule has 0 amide bonds. The van der Waals surface area contributed by atoms with Crippen molar-refractivity contribution in [3.8, 4) is 11.5 Å². The molecular formula is C29H42O4. The summed E-state index contributed by atoms with van der Waals surface area (Å²) in [7, 11) is 0. The van der Waals surface area contributed by atoms with Gasteiger partial charge in [-0.25, -0.2) is 0 Å². The molecule has 0 aliphatic heterocycles. The summed E-state index contributed by atoms with van der Waals surface area (Å²) >= 11 is 0. The summed E-state index contributed by atoms with van der Waals surface area (Å²) in [6.45, 7) is 9.46. The summed E-state index contributed by atoms with van der Waals surface area (Å²) in [6, 6.07) is 9.46. The average molecular weight is 455 g/mol. The van der Waals surface area contributed by atoms with Crippen LogP contribution in [0.3, 0.4) is 0 Å². The van der Waals surface area contributed by atoms with E-state index >= 15 is 0 Å². The highest BCUT2D eigenvalue weighted by Crippen LogP contribution is 2.49. The Labute approximate surface area is 200 Å². The zero-order chi connectivity index (χ0) is 23.8. The lowest BCUT2D eigenvalue weighted by atomic mass is 9.71. The van der Waals surface area contributed by atoms with Crippen LogP contribution in [-0.2, 0) is 31.1 Å². The van der Waals surface area contributed by atoms with Crippen LogP contribution in [0.1, 0.15) is 86.8 Å². The van der Waals surface area contributed by atoms with E-state index in [0.717, 1.165) is 50.0 Å². The van der Waals surface area contributed by atoms with E-state index in [1.165, 1.54) is 46.2 Å². The molecule has 182 valence electrons. The third-order valence-electron chi connectivity index (χ3n) is 7.25. The number of aryl methyl sites for hydroxylation is 4. The second-order valence-electron chi connectivity index (χ2n) is 9.09. The predicted octanol–water partition coefficient (Wildman–Crippen LogP) is 5.54. The highest BCUT2D eigenvalue weighted by atomic mass is 16.5. The van der Waals surface area contributed by atoms with E-state index in [2.05, 4.69) is 52.0 Å². The monoisotopic (exact) mass is 454 g/mol. The number of aliphatic hydroxyl groups is 2. The second-order valence-corrected chi connectivity index (χ2v) is 9.09. The molecule has 2 aromatic carbocycles. The Bertz CT molecular complexity index is 792. The Morgan fingerprint density at radius 2 is 0.970 bits per heavy atom. The summed E-state index contributed by atoms with van der Waals surface area (Å²) in [5.74, 6) is 1.92. The van der Waals surface area contributed by atoms with Gasteiger partial charge in [0.15, 0.2) is 0 Å². The van der Waals surface area contributed by atoms with Crippen LogP contribution in [0.4, 0.5) is 0 Å².